The van der Waals surface area contributed by atoms with Crippen LogP contribution >= 0.6 is 0 Å². The summed E-state index contributed by atoms with van der Waals surface area (Å²) in [5.74, 6) is -1.03. The lowest BCUT2D eigenvalue weighted by Crippen LogP contribution is -2.35. The first kappa shape index (κ1) is 14.3. The third-order valence-corrected chi connectivity index (χ3v) is 4.02. The smallest absolute Gasteiger partial charge is 0.312 e. The molecule has 106 valence electrons. The lowest BCUT2D eigenvalue weighted by atomic mass is 9.83. The number of amides is 1. The van der Waals surface area contributed by atoms with Crippen LogP contribution in [0.3, 0.4) is 0 Å². The molecule has 4 nitrogen and oxygen atoms in total. The summed E-state index contributed by atoms with van der Waals surface area (Å²) >= 11 is 0. The third-order valence-electron chi connectivity index (χ3n) is 4.02. The van der Waals surface area contributed by atoms with E-state index in [1.165, 1.54) is 0 Å². The molecule has 0 bridgehead atoms. The number of likely N-dealkylation sites (tertiary alicyclic amines) is 1. The van der Waals surface area contributed by atoms with Crippen molar-refractivity contribution < 1.29 is 14.7 Å². The predicted molar refractivity (Wildman–Crippen MR) is 76.1 cm³/mol. The van der Waals surface area contributed by atoms with Crippen LogP contribution in [0.5, 0.6) is 0 Å². The van der Waals surface area contributed by atoms with E-state index in [-0.39, 0.29) is 24.9 Å². The van der Waals surface area contributed by atoms with E-state index in [2.05, 4.69) is 6.58 Å². The number of hydrogen-bond donors (Lipinski definition) is 1. The van der Waals surface area contributed by atoms with E-state index in [0.717, 1.165) is 5.56 Å². The second-order valence-electron chi connectivity index (χ2n) is 5.36. The molecule has 2 atom stereocenters. The summed E-state index contributed by atoms with van der Waals surface area (Å²) < 4.78 is 0. The van der Waals surface area contributed by atoms with Gasteiger partial charge in [0.05, 0.1) is 11.5 Å². The molecule has 1 fully saturated rings. The molecule has 1 amide bonds. The van der Waals surface area contributed by atoms with Crippen molar-refractivity contribution >= 4 is 11.9 Å². The second-order valence-corrected chi connectivity index (χ2v) is 5.36. The summed E-state index contributed by atoms with van der Waals surface area (Å²) in [6, 6.07) is 9.54. The highest BCUT2D eigenvalue weighted by atomic mass is 16.4. The summed E-state index contributed by atoms with van der Waals surface area (Å²) in [5.41, 5.74) is -0.0114. The largest absolute Gasteiger partial charge is 0.481 e. The zero-order chi connectivity index (χ0) is 14.8. The molecule has 0 aliphatic carbocycles. The molecule has 1 aliphatic rings. The van der Waals surface area contributed by atoms with Crippen molar-refractivity contribution in [2.24, 2.45) is 5.41 Å². The molecule has 20 heavy (non-hydrogen) atoms. The van der Waals surface area contributed by atoms with Gasteiger partial charge in [0.25, 0.3) is 0 Å². The van der Waals surface area contributed by atoms with Crippen molar-refractivity contribution in [2.75, 3.05) is 6.54 Å². The Labute approximate surface area is 118 Å². The number of benzene rings is 1. The van der Waals surface area contributed by atoms with Crippen molar-refractivity contribution in [3.8, 4) is 0 Å². The minimum absolute atomic E-state index is 0.0471. The van der Waals surface area contributed by atoms with E-state index in [4.69, 9.17) is 0 Å². The summed E-state index contributed by atoms with van der Waals surface area (Å²) in [5, 5.41) is 9.46. The summed E-state index contributed by atoms with van der Waals surface area (Å²) in [6.45, 7) is 5.78. The first-order valence-corrected chi connectivity index (χ1v) is 6.69. The van der Waals surface area contributed by atoms with Gasteiger partial charge in [-0.1, -0.05) is 36.4 Å². The molecule has 1 aliphatic heterocycles. The van der Waals surface area contributed by atoms with Crippen LogP contribution in [0.25, 0.3) is 0 Å². The van der Waals surface area contributed by atoms with Gasteiger partial charge in [0, 0.05) is 13.0 Å². The van der Waals surface area contributed by atoms with E-state index in [1.54, 1.807) is 11.0 Å². The molecule has 1 aromatic rings. The van der Waals surface area contributed by atoms with Gasteiger partial charge in [-0.15, -0.1) is 6.58 Å². The maximum absolute atomic E-state index is 12.2. The second kappa shape index (κ2) is 5.49. The Morgan fingerprint density at radius 1 is 1.50 bits per heavy atom. The first-order chi connectivity index (χ1) is 9.50. The van der Waals surface area contributed by atoms with Crippen molar-refractivity contribution in [2.45, 2.75) is 25.8 Å². The lowest BCUT2D eigenvalue weighted by Gasteiger charge is -2.27. The molecule has 2 rings (SSSR count). The lowest BCUT2D eigenvalue weighted by molar-refractivity contribution is -0.148. The summed E-state index contributed by atoms with van der Waals surface area (Å²) in [6.07, 6.45) is 1.94. The van der Waals surface area contributed by atoms with E-state index in [1.807, 2.05) is 37.3 Å². The van der Waals surface area contributed by atoms with Crippen LogP contribution in [-0.2, 0) is 9.59 Å². The van der Waals surface area contributed by atoms with Gasteiger partial charge in [-0.3, -0.25) is 9.59 Å². The van der Waals surface area contributed by atoms with Crippen LogP contribution < -0.4 is 0 Å². The summed E-state index contributed by atoms with van der Waals surface area (Å²) in [4.78, 5) is 25.4. The zero-order valence-corrected chi connectivity index (χ0v) is 11.6. The molecule has 0 spiro atoms. The molecule has 0 unspecified atom stereocenters. The van der Waals surface area contributed by atoms with Crippen LogP contribution in [0.15, 0.2) is 43.0 Å². The van der Waals surface area contributed by atoms with Crippen LogP contribution in [0.1, 0.15) is 31.4 Å². The minimum atomic E-state index is -1.03. The molecule has 1 heterocycles. The third kappa shape index (κ3) is 2.46. The minimum Gasteiger partial charge on any atom is -0.481 e. The highest BCUT2D eigenvalue weighted by Gasteiger charge is 2.49. The van der Waals surface area contributed by atoms with Gasteiger partial charge < -0.3 is 10.0 Å². The van der Waals surface area contributed by atoms with E-state index >= 15 is 0 Å². The highest BCUT2D eigenvalue weighted by Crippen LogP contribution is 2.39. The molecule has 4 heteroatoms. The van der Waals surface area contributed by atoms with Crippen molar-refractivity contribution in [1.82, 2.24) is 4.90 Å². The topological polar surface area (TPSA) is 57.6 Å². The number of allylic oxidation sites excluding steroid dienone is 1. The van der Waals surface area contributed by atoms with Gasteiger partial charge in [0.1, 0.15) is 0 Å². The average molecular weight is 273 g/mol. The van der Waals surface area contributed by atoms with E-state index in [9.17, 15) is 14.7 Å². The maximum Gasteiger partial charge on any atom is 0.312 e. The summed E-state index contributed by atoms with van der Waals surface area (Å²) in [7, 11) is 0. The predicted octanol–water partition coefficient (Wildman–Crippen LogP) is 2.63. The Morgan fingerprint density at radius 2 is 2.15 bits per heavy atom. The average Bonchev–Trinajstić information content (AvgIpc) is 2.78. The number of carbonyl (C=O) groups is 2. The van der Waals surface area contributed by atoms with Crippen LogP contribution in [0, 0.1) is 5.41 Å². The van der Waals surface area contributed by atoms with E-state index < -0.39 is 11.4 Å². The molecule has 0 radical (unpaired) electrons. The number of rotatable bonds is 5. The SMILES string of the molecule is C=CC[C@]1(C(=O)O)CC(=O)N([C@H](C)c2ccccc2)C1. The molecule has 1 saturated heterocycles. The Morgan fingerprint density at radius 3 is 2.70 bits per heavy atom. The van der Waals surface area contributed by atoms with Crippen LogP contribution in [0.2, 0.25) is 0 Å². The molecule has 1 aromatic carbocycles. The number of aliphatic carboxylic acids is 1. The number of carboxylic acids is 1. The van der Waals surface area contributed by atoms with Crippen LogP contribution in [-0.4, -0.2) is 28.4 Å². The number of nitrogens with zero attached hydrogens (tertiary/aromatic N) is 1. The van der Waals surface area contributed by atoms with Gasteiger partial charge >= 0.3 is 5.97 Å². The fraction of sp³-hybridized carbons (Fsp3) is 0.375. The normalized spacial score (nSPS) is 23.6. The van der Waals surface area contributed by atoms with Gasteiger partial charge in [-0.05, 0) is 18.9 Å². The first-order valence-electron chi connectivity index (χ1n) is 6.69. The molecular weight excluding hydrogens is 254 g/mol. The fourth-order valence-corrected chi connectivity index (χ4v) is 2.77. The molecular formula is C16H19NO3. The Kier molecular flexibility index (Phi) is 3.93. The standard InChI is InChI=1S/C16H19NO3/c1-3-9-16(15(19)20)10-14(18)17(11-16)12(2)13-7-5-4-6-8-13/h3-8,12H,1,9-11H2,2H3,(H,19,20)/t12-,16+/m1/s1. The maximum atomic E-state index is 12.2. The van der Waals surface area contributed by atoms with Crippen molar-refractivity contribution in [1.29, 1.82) is 0 Å². The Hall–Kier alpha value is -2.10. The van der Waals surface area contributed by atoms with Crippen molar-refractivity contribution in [3.63, 3.8) is 0 Å². The quantitative estimate of drug-likeness (QED) is 0.839. The Balaban J connectivity index is 2.24. The highest BCUT2D eigenvalue weighted by molar-refractivity contribution is 5.89. The molecule has 0 saturated carbocycles. The van der Waals surface area contributed by atoms with Gasteiger partial charge in [0.2, 0.25) is 5.91 Å². The van der Waals surface area contributed by atoms with Gasteiger partial charge in [-0.2, -0.15) is 0 Å². The van der Waals surface area contributed by atoms with Gasteiger partial charge in [-0.25, -0.2) is 0 Å². The zero-order valence-electron chi connectivity index (χ0n) is 11.6. The Bertz CT molecular complexity index is 526. The monoisotopic (exact) mass is 273 g/mol. The van der Waals surface area contributed by atoms with E-state index in [0.29, 0.717) is 6.42 Å². The fourth-order valence-electron chi connectivity index (χ4n) is 2.77. The van der Waals surface area contributed by atoms with Crippen molar-refractivity contribution in [3.05, 3.63) is 48.6 Å². The van der Waals surface area contributed by atoms with Crippen LogP contribution in [0.4, 0.5) is 0 Å². The van der Waals surface area contributed by atoms with Gasteiger partial charge in [0.15, 0.2) is 0 Å². The number of carboxylic acid groups (broad SMARTS) is 1. The number of carbonyl (C=O) groups excluding carboxylic acids is 1. The molecule has 1 N–H and O–H groups in total. The number of hydrogen-bond acceptors (Lipinski definition) is 2. The molecule has 0 aromatic heterocycles.